The van der Waals surface area contributed by atoms with E-state index in [0.29, 0.717) is 17.1 Å². The van der Waals surface area contributed by atoms with Crippen LogP contribution >= 0.6 is 0 Å². The molecule has 0 spiro atoms. The van der Waals surface area contributed by atoms with Gasteiger partial charge in [0.15, 0.2) is 5.82 Å². The Morgan fingerprint density at radius 3 is 2.88 bits per heavy atom. The van der Waals surface area contributed by atoms with Crippen LogP contribution in [-0.2, 0) is 4.79 Å². The molecule has 0 saturated carbocycles. The molecule has 0 radical (unpaired) electrons. The lowest BCUT2D eigenvalue weighted by atomic mass is 10.0. The Morgan fingerprint density at radius 1 is 1.24 bits per heavy atom. The molecule has 25 heavy (non-hydrogen) atoms. The summed E-state index contributed by atoms with van der Waals surface area (Å²) in [6.45, 7) is 1.68. The molecule has 1 unspecified atom stereocenters. The molecule has 0 saturated heterocycles. The highest BCUT2D eigenvalue weighted by Gasteiger charge is 2.26. The molecular formula is C18H14N4O3. The quantitative estimate of drug-likeness (QED) is 0.714. The summed E-state index contributed by atoms with van der Waals surface area (Å²) in [6, 6.07) is 9.29. The van der Waals surface area contributed by atoms with Crippen LogP contribution in [0.4, 0.5) is 0 Å². The molecular weight excluding hydrogens is 320 g/mol. The van der Waals surface area contributed by atoms with Crippen LogP contribution in [0.2, 0.25) is 0 Å². The van der Waals surface area contributed by atoms with E-state index in [1.165, 1.54) is 0 Å². The zero-order valence-corrected chi connectivity index (χ0v) is 13.6. The summed E-state index contributed by atoms with van der Waals surface area (Å²) in [6.07, 6.45) is 3.42. The standard InChI is InChI=1S/C18H14N4O3/c1-10-20-17(22-25-10)14-9-13-15(21-18(14)23)6-7-19-16(13)11-4-3-5-12(8-11)24-2/h3-9,14H,1-2H3. The van der Waals surface area contributed by atoms with Crippen LogP contribution in [0.1, 0.15) is 17.6 Å². The van der Waals surface area contributed by atoms with E-state index < -0.39 is 5.92 Å². The molecule has 124 valence electrons. The molecule has 1 amide bonds. The molecule has 1 aliphatic rings. The van der Waals surface area contributed by atoms with Gasteiger partial charge in [0.2, 0.25) is 5.89 Å². The van der Waals surface area contributed by atoms with Crippen molar-refractivity contribution in [2.75, 3.05) is 7.11 Å². The number of aromatic nitrogens is 3. The minimum absolute atomic E-state index is 0.303. The van der Waals surface area contributed by atoms with Gasteiger partial charge in [0.05, 0.1) is 18.2 Å². The van der Waals surface area contributed by atoms with Crippen LogP contribution in [-0.4, -0.2) is 28.1 Å². The summed E-state index contributed by atoms with van der Waals surface area (Å²) in [7, 11) is 1.61. The average molecular weight is 334 g/mol. The van der Waals surface area contributed by atoms with Gasteiger partial charge < -0.3 is 9.26 Å². The van der Waals surface area contributed by atoms with E-state index in [4.69, 9.17) is 9.26 Å². The predicted octanol–water partition coefficient (Wildman–Crippen LogP) is 1.17. The fourth-order valence-electron chi connectivity index (χ4n) is 2.78. The largest absolute Gasteiger partial charge is 0.497 e. The van der Waals surface area contributed by atoms with E-state index in [2.05, 4.69) is 20.1 Å². The molecule has 3 aromatic rings. The number of ether oxygens (including phenoxy) is 1. The van der Waals surface area contributed by atoms with Crippen LogP contribution in [0.25, 0.3) is 17.3 Å². The maximum Gasteiger partial charge on any atom is 0.261 e. The Kier molecular flexibility index (Phi) is 3.61. The number of nitrogens with zero attached hydrogens (tertiary/aromatic N) is 4. The van der Waals surface area contributed by atoms with Gasteiger partial charge in [0.1, 0.15) is 11.7 Å². The van der Waals surface area contributed by atoms with Crippen molar-refractivity contribution in [3.63, 3.8) is 0 Å². The first-order valence-electron chi connectivity index (χ1n) is 7.70. The monoisotopic (exact) mass is 334 g/mol. The third-order valence-electron chi connectivity index (χ3n) is 3.96. The van der Waals surface area contributed by atoms with Crippen molar-refractivity contribution in [1.82, 2.24) is 15.1 Å². The van der Waals surface area contributed by atoms with Gasteiger partial charge in [-0.1, -0.05) is 23.4 Å². The second kappa shape index (κ2) is 5.94. The topological polar surface area (TPSA) is 90.5 Å². The maximum atomic E-state index is 12.4. The average Bonchev–Trinajstić information content (AvgIpc) is 3.06. The van der Waals surface area contributed by atoms with E-state index in [1.807, 2.05) is 24.3 Å². The summed E-state index contributed by atoms with van der Waals surface area (Å²) in [5.41, 5.74) is 1.60. The summed E-state index contributed by atoms with van der Waals surface area (Å²) < 4.78 is 10.3. The molecule has 2 aromatic heterocycles. The van der Waals surface area contributed by atoms with E-state index in [9.17, 15) is 4.79 Å². The van der Waals surface area contributed by atoms with Crippen molar-refractivity contribution in [3.05, 3.63) is 58.8 Å². The van der Waals surface area contributed by atoms with E-state index in [0.717, 1.165) is 22.2 Å². The molecule has 1 aliphatic heterocycles. The van der Waals surface area contributed by atoms with Gasteiger partial charge in [0, 0.05) is 23.9 Å². The third kappa shape index (κ3) is 2.69. The van der Waals surface area contributed by atoms with Gasteiger partial charge in [-0.15, -0.1) is 0 Å². The maximum absolute atomic E-state index is 12.4. The zero-order chi connectivity index (χ0) is 17.4. The number of hydrogen-bond acceptors (Lipinski definition) is 6. The van der Waals surface area contributed by atoms with Gasteiger partial charge in [-0.3, -0.25) is 9.78 Å². The Morgan fingerprint density at radius 2 is 2.12 bits per heavy atom. The minimum Gasteiger partial charge on any atom is -0.497 e. The van der Waals surface area contributed by atoms with E-state index >= 15 is 0 Å². The number of carbonyl (C=O) groups excluding carboxylic acids is 1. The summed E-state index contributed by atoms with van der Waals surface area (Å²) in [5.74, 6) is 0.430. The molecule has 7 heteroatoms. The van der Waals surface area contributed by atoms with Crippen LogP contribution in [0.5, 0.6) is 5.75 Å². The molecule has 0 fully saturated rings. The molecule has 0 N–H and O–H groups in total. The van der Waals surface area contributed by atoms with Gasteiger partial charge >= 0.3 is 0 Å². The first kappa shape index (κ1) is 15.2. The number of rotatable bonds is 3. The highest BCUT2D eigenvalue weighted by Crippen LogP contribution is 2.21. The van der Waals surface area contributed by atoms with Crippen LogP contribution in [0.15, 0.2) is 46.0 Å². The highest BCUT2D eigenvalue weighted by atomic mass is 16.5. The Bertz CT molecular complexity index is 1090. The van der Waals surface area contributed by atoms with Gasteiger partial charge in [0.25, 0.3) is 5.91 Å². The van der Waals surface area contributed by atoms with Crippen molar-refractivity contribution in [2.45, 2.75) is 12.8 Å². The van der Waals surface area contributed by atoms with Crippen molar-refractivity contribution >= 4 is 12.0 Å². The molecule has 1 aromatic carbocycles. The lowest BCUT2D eigenvalue weighted by Crippen LogP contribution is -2.35. The number of fused-ring (bicyclic) bond motifs is 1. The minimum atomic E-state index is -0.682. The smallest absolute Gasteiger partial charge is 0.261 e. The SMILES string of the molecule is COc1cccc(-c2nccc3c2=CC(c2noc(C)n2)C(=O)N=3)c1. The number of carbonyl (C=O) groups is 1. The van der Waals surface area contributed by atoms with Crippen molar-refractivity contribution < 1.29 is 14.1 Å². The number of methoxy groups -OCH3 is 1. The summed E-state index contributed by atoms with van der Waals surface area (Å²) >= 11 is 0. The third-order valence-corrected chi connectivity index (χ3v) is 3.96. The van der Waals surface area contributed by atoms with E-state index in [-0.39, 0.29) is 5.91 Å². The fraction of sp³-hybridized carbons (Fsp3) is 0.167. The number of hydrogen-bond donors (Lipinski definition) is 0. The highest BCUT2D eigenvalue weighted by molar-refractivity contribution is 5.91. The lowest BCUT2D eigenvalue weighted by Gasteiger charge is -2.11. The van der Waals surface area contributed by atoms with Crippen LogP contribution in [0.3, 0.4) is 0 Å². The normalized spacial score (nSPS) is 15.9. The van der Waals surface area contributed by atoms with Gasteiger partial charge in [-0.25, -0.2) is 4.99 Å². The van der Waals surface area contributed by atoms with Gasteiger partial charge in [-0.05, 0) is 18.2 Å². The van der Waals surface area contributed by atoms with Crippen LogP contribution < -0.4 is 15.3 Å². The molecule has 4 rings (SSSR count). The molecule has 0 aliphatic carbocycles. The number of amides is 1. The van der Waals surface area contributed by atoms with Crippen molar-refractivity contribution in [1.29, 1.82) is 0 Å². The fourth-order valence-corrected chi connectivity index (χ4v) is 2.78. The van der Waals surface area contributed by atoms with E-state index in [1.54, 1.807) is 32.4 Å². The number of benzene rings is 1. The Labute approximate surface area is 142 Å². The molecule has 1 atom stereocenters. The summed E-state index contributed by atoms with van der Waals surface area (Å²) in [5, 5.41) is 5.20. The van der Waals surface area contributed by atoms with Crippen molar-refractivity contribution in [3.8, 4) is 17.0 Å². The number of pyridine rings is 1. The first-order chi connectivity index (χ1) is 12.2. The zero-order valence-electron chi connectivity index (χ0n) is 13.6. The molecule has 7 nitrogen and oxygen atoms in total. The molecule has 0 bridgehead atoms. The Hall–Kier alpha value is -3.35. The van der Waals surface area contributed by atoms with Crippen molar-refractivity contribution in [2.24, 2.45) is 4.99 Å². The van der Waals surface area contributed by atoms with Crippen LogP contribution in [0, 0.1) is 6.92 Å². The lowest BCUT2D eigenvalue weighted by molar-refractivity contribution is -0.118. The second-order valence-electron chi connectivity index (χ2n) is 5.59. The second-order valence-corrected chi connectivity index (χ2v) is 5.59. The number of aryl methyl sites for hydroxylation is 1. The van der Waals surface area contributed by atoms with Gasteiger partial charge in [-0.2, -0.15) is 4.98 Å². The summed E-state index contributed by atoms with van der Waals surface area (Å²) in [4.78, 5) is 25.2. The predicted molar refractivity (Wildman–Crippen MR) is 88.3 cm³/mol. The molecule has 3 heterocycles. The Balaban J connectivity index is 1.92. The first-order valence-corrected chi connectivity index (χ1v) is 7.70.